The monoisotopic (exact) mass is 394 g/mol. The molecule has 2 heterocycles. The van der Waals surface area contributed by atoms with Crippen molar-refractivity contribution in [3.63, 3.8) is 0 Å². The largest absolute Gasteiger partial charge is 0.353 e. The Morgan fingerprint density at radius 2 is 1.83 bits per heavy atom. The number of para-hydroxylation sites is 1. The molecule has 1 aromatic heterocycles. The van der Waals surface area contributed by atoms with Crippen LogP contribution in [0.25, 0.3) is 0 Å². The molecule has 29 heavy (non-hydrogen) atoms. The summed E-state index contributed by atoms with van der Waals surface area (Å²) in [5, 5.41) is 6.09. The zero-order valence-electron chi connectivity index (χ0n) is 17.1. The number of benzene rings is 1. The normalized spacial score (nSPS) is 20.1. The fourth-order valence-corrected chi connectivity index (χ4v) is 4.67. The van der Waals surface area contributed by atoms with Gasteiger partial charge in [-0.1, -0.05) is 25.0 Å². The van der Waals surface area contributed by atoms with Crippen molar-refractivity contribution in [2.45, 2.75) is 50.6 Å². The van der Waals surface area contributed by atoms with Crippen LogP contribution < -0.4 is 10.6 Å². The molecule has 1 saturated carbocycles. The second-order valence-corrected chi connectivity index (χ2v) is 8.22. The lowest BCUT2D eigenvalue weighted by molar-refractivity contribution is -0.117. The van der Waals surface area contributed by atoms with E-state index in [1.807, 2.05) is 31.4 Å². The Bertz CT molecular complexity index is 869. The Labute approximate surface area is 172 Å². The highest BCUT2D eigenvalue weighted by molar-refractivity contribution is 6.04. The van der Waals surface area contributed by atoms with Crippen molar-refractivity contribution in [3.05, 3.63) is 53.9 Å². The molecule has 4 rings (SSSR count). The Morgan fingerprint density at radius 3 is 2.59 bits per heavy atom. The van der Waals surface area contributed by atoms with Crippen LogP contribution in [0, 0.1) is 0 Å². The standard InChI is InChI=1S/C23H30N4O2/c1-26-14-6-12-20(26)21-13-7-15-27(21)16-22(28)25-19-11-5-4-10-18(19)23(29)24-17-8-2-3-9-17/h4-6,10-12,14,17,21H,2-3,7-9,13,15-16H2,1H3,(H,24,29)(H,25,28)/t21-/m1/s1. The lowest BCUT2D eigenvalue weighted by atomic mass is 10.1. The number of carbonyl (C=O) groups is 2. The van der Waals surface area contributed by atoms with E-state index in [9.17, 15) is 9.59 Å². The van der Waals surface area contributed by atoms with E-state index in [4.69, 9.17) is 0 Å². The molecule has 1 aliphatic carbocycles. The SMILES string of the molecule is Cn1cccc1[C@H]1CCCN1CC(=O)Nc1ccccc1C(=O)NC1CCCC1. The molecule has 2 amide bonds. The summed E-state index contributed by atoms with van der Waals surface area (Å²) in [6, 6.07) is 12.0. The van der Waals surface area contributed by atoms with Gasteiger partial charge in [0.15, 0.2) is 0 Å². The Hall–Kier alpha value is -2.60. The molecule has 2 aromatic rings. The minimum Gasteiger partial charge on any atom is -0.353 e. The highest BCUT2D eigenvalue weighted by Gasteiger charge is 2.29. The van der Waals surface area contributed by atoms with Gasteiger partial charge in [0.1, 0.15) is 0 Å². The minimum absolute atomic E-state index is 0.0766. The van der Waals surface area contributed by atoms with Crippen molar-refractivity contribution in [1.82, 2.24) is 14.8 Å². The van der Waals surface area contributed by atoms with Crippen LogP contribution in [-0.4, -0.2) is 40.4 Å². The number of amides is 2. The van der Waals surface area contributed by atoms with Crippen molar-refractivity contribution < 1.29 is 9.59 Å². The number of rotatable bonds is 6. The molecule has 2 N–H and O–H groups in total. The fraction of sp³-hybridized carbons (Fsp3) is 0.478. The summed E-state index contributed by atoms with van der Waals surface area (Å²) >= 11 is 0. The third-order valence-corrected chi connectivity index (χ3v) is 6.17. The minimum atomic E-state index is -0.101. The van der Waals surface area contributed by atoms with Crippen LogP contribution in [0.5, 0.6) is 0 Å². The molecular weight excluding hydrogens is 364 g/mol. The molecule has 1 atom stereocenters. The molecule has 2 aliphatic rings. The lowest BCUT2D eigenvalue weighted by Gasteiger charge is -2.24. The summed E-state index contributed by atoms with van der Waals surface area (Å²) in [6.45, 7) is 1.24. The summed E-state index contributed by atoms with van der Waals surface area (Å²) < 4.78 is 2.13. The number of likely N-dealkylation sites (tertiary alicyclic amines) is 1. The van der Waals surface area contributed by atoms with Crippen molar-refractivity contribution >= 4 is 17.5 Å². The maximum atomic E-state index is 12.8. The van der Waals surface area contributed by atoms with E-state index in [1.165, 1.54) is 18.5 Å². The predicted molar refractivity (Wildman–Crippen MR) is 114 cm³/mol. The maximum Gasteiger partial charge on any atom is 0.253 e. The van der Waals surface area contributed by atoms with Gasteiger partial charge in [0.2, 0.25) is 5.91 Å². The third kappa shape index (κ3) is 4.53. The van der Waals surface area contributed by atoms with Crippen LogP contribution >= 0.6 is 0 Å². The van der Waals surface area contributed by atoms with Crippen molar-refractivity contribution in [3.8, 4) is 0 Å². The van der Waals surface area contributed by atoms with Crippen LogP contribution in [0.15, 0.2) is 42.6 Å². The van der Waals surface area contributed by atoms with Gasteiger partial charge in [0, 0.05) is 25.0 Å². The number of anilines is 1. The smallest absolute Gasteiger partial charge is 0.253 e. The van der Waals surface area contributed by atoms with E-state index in [0.29, 0.717) is 17.8 Å². The number of carbonyl (C=O) groups excluding carboxylic acids is 2. The number of nitrogens with one attached hydrogen (secondary N) is 2. The van der Waals surface area contributed by atoms with Gasteiger partial charge in [0.25, 0.3) is 5.91 Å². The summed E-state index contributed by atoms with van der Waals surface area (Å²) in [5.74, 6) is -0.178. The van der Waals surface area contributed by atoms with Crippen LogP contribution in [0.2, 0.25) is 0 Å². The van der Waals surface area contributed by atoms with Gasteiger partial charge in [0.05, 0.1) is 23.8 Å². The highest BCUT2D eigenvalue weighted by Crippen LogP contribution is 2.31. The molecule has 154 valence electrons. The van der Waals surface area contributed by atoms with Crippen LogP contribution in [0.3, 0.4) is 0 Å². The second-order valence-electron chi connectivity index (χ2n) is 8.22. The second kappa shape index (κ2) is 8.82. The molecule has 1 saturated heterocycles. The lowest BCUT2D eigenvalue weighted by Crippen LogP contribution is -2.35. The van der Waals surface area contributed by atoms with Crippen LogP contribution in [0.4, 0.5) is 5.69 Å². The fourth-order valence-electron chi connectivity index (χ4n) is 4.67. The molecule has 0 bridgehead atoms. The first-order valence-corrected chi connectivity index (χ1v) is 10.7. The molecule has 1 aliphatic heterocycles. The molecular formula is C23H30N4O2. The summed E-state index contributed by atoms with van der Waals surface area (Å²) in [4.78, 5) is 27.7. The van der Waals surface area contributed by atoms with E-state index in [1.54, 1.807) is 12.1 Å². The van der Waals surface area contributed by atoms with E-state index < -0.39 is 0 Å². The first kappa shape index (κ1) is 19.7. The number of aryl methyl sites for hydroxylation is 1. The Balaban J connectivity index is 1.41. The van der Waals surface area contributed by atoms with E-state index in [2.05, 4.69) is 26.2 Å². The summed E-state index contributed by atoms with van der Waals surface area (Å²) in [7, 11) is 2.05. The number of hydrogen-bond acceptors (Lipinski definition) is 3. The van der Waals surface area contributed by atoms with E-state index in [0.717, 1.165) is 32.2 Å². The summed E-state index contributed by atoms with van der Waals surface area (Å²) in [5.41, 5.74) is 2.36. The number of aromatic nitrogens is 1. The van der Waals surface area contributed by atoms with Gasteiger partial charge < -0.3 is 15.2 Å². The van der Waals surface area contributed by atoms with E-state index in [-0.39, 0.29) is 23.9 Å². The Morgan fingerprint density at radius 1 is 1.03 bits per heavy atom. The van der Waals surface area contributed by atoms with Gasteiger partial charge in [-0.3, -0.25) is 14.5 Å². The van der Waals surface area contributed by atoms with Crippen molar-refractivity contribution in [1.29, 1.82) is 0 Å². The number of hydrogen-bond donors (Lipinski definition) is 2. The molecule has 0 unspecified atom stereocenters. The molecule has 0 radical (unpaired) electrons. The average molecular weight is 395 g/mol. The van der Waals surface area contributed by atoms with Gasteiger partial charge in [-0.15, -0.1) is 0 Å². The first-order chi connectivity index (χ1) is 14.1. The quantitative estimate of drug-likeness (QED) is 0.788. The molecule has 6 heteroatoms. The van der Waals surface area contributed by atoms with Crippen LogP contribution in [0.1, 0.15) is 60.6 Å². The zero-order valence-corrected chi connectivity index (χ0v) is 17.1. The molecule has 6 nitrogen and oxygen atoms in total. The average Bonchev–Trinajstić information content (AvgIpc) is 3.45. The highest BCUT2D eigenvalue weighted by atomic mass is 16.2. The molecule has 2 fully saturated rings. The summed E-state index contributed by atoms with van der Waals surface area (Å²) in [6.07, 6.45) is 8.61. The first-order valence-electron chi connectivity index (χ1n) is 10.7. The predicted octanol–water partition coefficient (Wildman–Crippen LogP) is 3.47. The van der Waals surface area contributed by atoms with Gasteiger partial charge in [-0.25, -0.2) is 0 Å². The van der Waals surface area contributed by atoms with Gasteiger partial charge in [-0.2, -0.15) is 0 Å². The number of nitrogens with zero attached hydrogens (tertiary/aromatic N) is 2. The molecule has 1 aromatic carbocycles. The van der Waals surface area contributed by atoms with Crippen molar-refractivity contribution in [2.24, 2.45) is 7.05 Å². The van der Waals surface area contributed by atoms with Gasteiger partial charge in [-0.05, 0) is 56.5 Å². The maximum absolute atomic E-state index is 12.8. The van der Waals surface area contributed by atoms with Crippen molar-refractivity contribution in [2.75, 3.05) is 18.4 Å². The molecule has 0 spiro atoms. The Kier molecular flexibility index (Phi) is 6.00. The van der Waals surface area contributed by atoms with Crippen LogP contribution in [-0.2, 0) is 11.8 Å². The van der Waals surface area contributed by atoms with E-state index >= 15 is 0 Å². The topological polar surface area (TPSA) is 66.4 Å². The third-order valence-electron chi connectivity index (χ3n) is 6.17. The zero-order chi connectivity index (χ0) is 20.2. The van der Waals surface area contributed by atoms with Gasteiger partial charge >= 0.3 is 0 Å².